The molecule has 0 radical (unpaired) electrons. The van der Waals surface area contributed by atoms with Gasteiger partial charge in [-0.2, -0.15) is 5.10 Å². The molecule has 182 valence electrons. The van der Waals surface area contributed by atoms with Crippen molar-refractivity contribution in [2.75, 3.05) is 43.2 Å². The summed E-state index contributed by atoms with van der Waals surface area (Å²) in [5.74, 6) is 0.913. The van der Waals surface area contributed by atoms with Gasteiger partial charge in [0, 0.05) is 37.6 Å². The van der Waals surface area contributed by atoms with Crippen LogP contribution in [0.4, 0.5) is 11.5 Å². The first-order valence-corrected chi connectivity index (χ1v) is 12.0. The number of hydrogen-bond acceptors (Lipinski definition) is 5. The van der Waals surface area contributed by atoms with Crippen LogP contribution in [0.5, 0.6) is 0 Å². The van der Waals surface area contributed by atoms with Crippen LogP contribution in [0.2, 0.25) is 0 Å². The number of aryl methyl sites for hydroxylation is 1. The first kappa shape index (κ1) is 23.1. The van der Waals surface area contributed by atoms with Gasteiger partial charge in [-0.05, 0) is 74.7 Å². The Morgan fingerprint density at radius 3 is 2.57 bits per heavy atom. The van der Waals surface area contributed by atoms with E-state index in [-0.39, 0.29) is 11.4 Å². The van der Waals surface area contributed by atoms with Crippen molar-refractivity contribution in [3.63, 3.8) is 0 Å². The van der Waals surface area contributed by atoms with Crippen molar-refractivity contribution in [1.82, 2.24) is 19.2 Å². The van der Waals surface area contributed by atoms with E-state index in [1.54, 1.807) is 18.3 Å². The maximum atomic E-state index is 13.2. The van der Waals surface area contributed by atoms with E-state index in [2.05, 4.69) is 66.9 Å². The highest BCUT2D eigenvalue weighted by atomic mass is 16.5. The fourth-order valence-electron chi connectivity index (χ4n) is 4.41. The predicted octanol–water partition coefficient (Wildman–Crippen LogP) is 4.37. The Kier molecular flexibility index (Phi) is 5.84. The maximum Gasteiger partial charge on any atom is 0.278 e. The molecule has 4 aromatic rings. The lowest BCUT2D eigenvalue weighted by atomic mass is 9.99. The van der Waals surface area contributed by atoms with E-state index in [4.69, 9.17) is 4.74 Å². The van der Waals surface area contributed by atoms with Gasteiger partial charge >= 0.3 is 0 Å². The van der Waals surface area contributed by atoms with E-state index < -0.39 is 0 Å². The van der Waals surface area contributed by atoms with Crippen molar-refractivity contribution in [3.05, 3.63) is 66.4 Å². The number of amides is 1. The zero-order valence-corrected chi connectivity index (χ0v) is 21.0. The van der Waals surface area contributed by atoms with Crippen LogP contribution in [0.1, 0.15) is 36.8 Å². The SMILES string of the molecule is Cc1ccc(N(C)C(=O)c2cn(C(C)(C)C)cn2)cc1-c1cc(N2CCOCC2)n2nccc2c1. The summed E-state index contributed by atoms with van der Waals surface area (Å²) in [5.41, 5.74) is 5.47. The fourth-order valence-corrected chi connectivity index (χ4v) is 4.41. The number of carbonyl (C=O) groups excluding carboxylic acids is 1. The Hall–Kier alpha value is -3.65. The molecule has 0 saturated carbocycles. The molecule has 5 rings (SSSR count). The number of pyridine rings is 1. The molecule has 1 aromatic carbocycles. The van der Waals surface area contributed by atoms with Crippen molar-refractivity contribution in [2.45, 2.75) is 33.2 Å². The largest absolute Gasteiger partial charge is 0.378 e. The third kappa shape index (κ3) is 4.41. The lowest BCUT2D eigenvalue weighted by molar-refractivity contribution is 0.0988. The number of morpholine rings is 1. The minimum atomic E-state index is -0.136. The maximum absolute atomic E-state index is 13.2. The van der Waals surface area contributed by atoms with Crippen LogP contribution in [0.15, 0.2) is 55.1 Å². The molecule has 8 nitrogen and oxygen atoms in total. The Labute approximate surface area is 205 Å². The van der Waals surface area contributed by atoms with Crippen LogP contribution in [0, 0.1) is 6.92 Å². The number of carbonyl (C=O) groups is 1. The summed E-state index contributed by atoms with van der Waals surface area (Å²) in [4.78, 5) is 21.6. The Bertz CT molecular complexity index is 1370. The number of imidazole rings is 1. The van der Waals surface area contributed by atoms with Crippen LogP contribution in [-0.4, -0.2) is 58.4 Å². The van der Waals surface area contributed by atoms with E-state index in [9.17, 15) is 4.79 Å². The summed E-state index contributed by atoms with van der Waals surface area (Å²) in [5, 5.41) is 4.55. The standard InChI is InChI=1S/C27H32N6O2/c1-19-6-7-21(30(5)26(34)24-17-32(18-28-24)27(2,3)4)16-23(19)20-14-22-8-9-29-33(22)25(15-20)31-10-12-35-13-11-31/h6-9,14-18H,10-13H2,1-5H3. The smallest absolute Gasteiger partial charge is 0.278 e. The Balaban J connectivity index is 1.51. The molecule has 4 heterocycles. The molecule has 1 saturated heterocycles. The zero-order valence-electron chi connectivity index (χ0n) is 21.0. The second kappa shape index (κ2) is 8.85. The molecule has 0 bridgehead atoms. The Morgan fingerprint density at radius 2 is 1.86 bits per heavy atom. The fraction of sp³-hybridized carbons (Fsp3) is 0.370. The van der Waals surface area contributed by atoms with Crippen molar-refractivity contribution >= 4 is 22.9 Å². The molecule has 0 aliphatic carbocycles. The molecule has 8 heteroatoms. The zero-order chi connectivity index (χ0) is 24.7. The van der Waals surface area contributed by atoms with E-state index in [1.807, 2.05) is 33.6 Å². The molecule has 0 atom stereocenters. The number of hydrogen-bond donors (Lipinski definition) is 0. The third-order valence-corrected chi connectivity index (χ3v) is 6.61. The number of rotatable bonds is 4. The van der Waals surface area contributed by atoms with Crippen LogP contribution in [-0.2, 0) is 10.3 Å². The molecular weight excluding hydrogens is 440 g/mol. The highest BCUT2D eigenvalue weighted by molar-refractivity contribution is 6.04. The second-order valence-electron chi connectivity index (χ2n) is 10.1. The first-order valence-electron chi connectivity index (χ1n) is 12.0. The molecule has 0 spiro atoms. The van der Waals surface area contributed by atoms with Gasteiger partial charge in [0.05, 0.1) is 31.3 Å². The van der Waals surface area contributed by atoms with Gasteiger partial charge in [-0.3, -0.25) is 4.79 Å². The number of aromatic nitrogens is 4. The average Bonchev–Trinajstić information content (AvgIpc) is 3.53. The van der Waals surface area contributed by atoms with E-state index in [1.165, 1.54) is 0 Å². The molecule has 1 fully saturated rings. The lowest BCUT2D eigenvalue weighted by Crippen LogP contribution is -2.37. The summed E-state index contributed by atoms with van der Waals surface area (Å²) in [6, 6.07) is 12.5. The average molecular weight is 473 g/mol. The summed E-state index contributed by atoms with van der Waals surface area (Å²) in [6.07, 6.45) is 5.36. The quantitative estimate of drug-likeness (QED) is 0.441. The Morgan fingerprint density at radius 1 is 1.09 bits per heavy atom. The van der Waals surface area contributed by atoms with E-state index in [0.29, 0.717) is 18.9 Å². The minimum absolute atomic E-state index is 0.133. The summed E-state index contributed by atoms with van der Waals surface area (Å²) in [6.45, 7) is 11.4. The van der Waals surface area contributed by atoms with E-state index in [0.717, 1.165) is 46.8 Å². The van der Waals surface area contributed by atoms with Gasteiger partial charge in [0.25, 0.3) is 5.91 Å². The number of anilines is 2. The summed E-state index contributed by atoms with van der Waals surface area (Å²) >= 11 is 0. The van der Waals surface area contributed by atoms with Gasteiger partial charge in [0.15, 0.2) is 0 Å². The van der Waals surface area contributed by atoms with Crippen molar-refractivity contribution in [3.8, 4) is 11.1 Å². The topological polar surface area (TPSA) is 67.9 Å². The number of nitrogens with zero attached hydrogens (tertiary/aromatic N) is 6. The molecule has 1 aliphatic rings. The highest BCUT2D eigenvalue weighted by Gasteiger charge is 2.21. The minimum Gasteiger partial charge on any atom is -0.378 e. The lowest BCUT2D eigenvalue weighted by Gasteiger charge is -2.29. The second-order valence-corrected chi connectivity index (χ2v) is 10.1. The molecule has 1 amide bonds. The molecule has 0 N–H and O–H groups in total. The number of fused-ring (bicyclic) bond motifs is 1. The normalized spacial score (nSPS) is 14.5. The number of benzene rings is 1. The van der Waals surface area contributed by atoms with Gasteiger partial charge in [0.2, 0.25) is 0 Å². The predicted molar refractivity (Wildman–Crippen MR) is 138 cm³/mol. The molecule has 0 unspecified atom stereocenters. The molecular formula is C27H32N6O2. The third-order valence-electron chi connectivity index (χ3n) is 6.61. The summed E-state index contributed by atoms with van der Waals surface area (Å²) in [7, 11) is 1.80. The first-order chi connectivity index (χ1) is 16.7. The van der Waals surface area contributed by atoms with Crippen LogP contribution < -0.4 is 9.80 Å². The van der Waals surface area contributed by atoms with Crippen LogP contribution >= 0.6 is 0 Å². The molecule has 1 aliphatic heterocycles. The van der Waals surface area contributed by atoms with Crippen LogP contribution in [0.3, 0.4) is 0 Å². The van der Waals surface area contributed by atoms with Gasteiger partial charge in [-0.1, -0.05) is 6.07 Å². The van der Waals surface area contributed by atoms with Crippen LogP contribution in [0.25, 0.3) is 16.6 Å². The van der Waals surface area contributed by atoms with Gasteiger partial charge in [0.1, 0.15) is 11.5 Å². The number of ether oxygens (including phenoxy) is 1. The van der Waals surface area contributed by atoms with Gasteiger partial charge in [-0.25, -0.2) is 9.50 Å². The van der Waals surface area contributed by atoms with Crippen molar-refractivity contribution in [1.29, 1.82) is 0 Å². The van der Waals surface area contributed by atoms with Gasteiger partial charge in [-0.15, -0.1) is 0 Å². The van der Waals surface area contributed by atoms with E-state index >= 15 is 0 Å². The molecule has 35 heavy (non-hydrogen) atoms. The summed E-state index contributed by atoms with van der Waals surface area (Å²) < 4.78 is 9.50. The van der Waals surface area contributed by atoms with Gasteiger partial charge < -0.3 is 19.1 Å². The molecule has 3 aromatic heterocycles. The van der Waals surface area contributed by atoms with Crippen molar-refractivity contribution in [2.24, 2.45) is 0 Å². The highest BCUT2D eigenvalue weighted by Crippen LogP contribution is 2.32. The van der Waals surface area contributed by atoms with Crippen molar-refractivity contribution < 1.29 is 9.53 Å². The monoisotopic (exact) mass is 472 g/mol.